The first-order valence-corrected chi connectivity index (χ1v) is 18.3. The quantitative estimate of drug-likeness (QED) is 0.0728. The van der Waals surface area contributed by atoms with E-state index in [0.29, 0.717) is 22.3 Å². The van der Waals surface area contributed by atoms with Gasteiger partial charge in [-0.25, -0.2) is 14.5 Å². The van der Waals surface area contributed by atoms with Crippen LogP contribution in [-0.4, -0.2) is 35.3 Å². The molecule has 0 aliphatic carbocycles. The minimum absolute atomic E-state index is 0.00234. The highest BCUT2D eigenvalue weighted by Gasteiger charge is 2.38. The lowest BCUT2D eigenvalue weighted by Crippen LogP contribution is -2.29. The summed E-state index contributed by atoms with van der Waals surface area (Å²) < 4.78 is 11.7. The summed E-state index contributed by atoms with van der Waals surface area (Å²) in [5, 5.41) is 0. The molecule has 0 radical (unpaired) electrons. The van der Waals surface area contributed by atoms with Crippen molar-refractivity contribution in [2.24, 2.45) is 0 Å². The number of Topliss-reactive ketones (excluding diaryl/α,β-unsaturated/α-hetero) is 2. The Morgan fingerprint density at radius 1 is 0.439 bits per heavy atom. The van der Waals surface area contributed by atoms with Gasteiger partial charge < -0.3 is 9.47 Å². The molecule has 2 amide bonds. The molecule has 0 saturated carbocycles. The zero-order valence-electron chi connectivity index (χ0n) is 31.6. The molecule has 0 fully saturated rings. The maximum absolute atomic E-state index is 13.9. The highest BCUT2D eigenvalue weighted by Crippen LogP contribution is 2.32. The van der Waals surface area contributed by atoms with Gasteiger partial charge in [0.2, 0.25) is 11.6 Å². The number of nitrogens with zero attached hydrogens (tertiary/aromatic N) is 1. The first-order valence-electron chi connectivity index (χ1n) is 18.3. The average molecular weight is 756 g/mol. The Hall–Kier alpha value is -7.26. The van der Waals surface area contributed by atoms with Crippen molar-refractivity contribution >= 4 is 41.0 Å². The molecule has 9 nitrogen and oxygen atoms in total. The highest BCUT2D eigenvalue weighted by molar-refractivity contribution is 6.34. The Bertz CT molecular complexity index is 2600. The lowest BCUT2D eigenvalue weighted by molar-refractivity contribution is 0.0278. The molecule has 0 N–H and O–H groups in total. The number of fused-ring (bicyclic) bond motifs is 1. The fourth-order valence-electron chi connectivity index (χ4n) is 6.62. The van der Waals surface area contributed by atoms with Crippen LogP contribution >= 0.6 is 0 Å². The fraction of sp³-hybridized carbons (Fsp3) is 0.125. The molecule has 282 valence electrons. The second-order valence-electron chi connectivity index (χ2n) is 14.0. The first-order chi connectivity index (χ1) is 27.4. The van der Waals surface area contributed by atoms with Crippen molar-refractivity contribution in [1.29, 1.82) is 0 Å². The van der Waals surface area contributed by atoms with Gasteiger partial charge in [-0.3, -0.25) is 19.2 Å². The van der Waals surface area contributed by atoms with E-state index in [9.17, 15) is 28.8 Å². The molecule has 0 unspecified atom stereocenters. The normalized spacial score (nSPS) is 13.1. The molecular formula is C48H37NO8. The van der Waals surface area contributed by atoms with Crippen LogP contribution in [0.1, 0.15) is 108 Å². The van der Waals surface area contributed by atoms with Gasteiger partial charge >= 0.3 is 11.9 Å². The van der Waals surface area contributed by atoms with Crippen LogP contribution in [0.15, 0.2) is 140 Å². The van der Waals surface area contributed by atoms with E-state index in [0.717, 1.165) is 27.2 Å². The molecule has 7 rings (SSSR count). The monoisotopic (exact) mass is 755 g/mol. The van der Waals surface area contributed by atoms with Crippen molar-refractivity contribution in [3.05, 3.63) is 206 Å². The largest absolute Gasteiger partial charge is 0.445 e. The summed E-state index contributed by atoms with van der Waals surface area (Å²) in [6.45, 7) is 7.66. The van der Waals surface area contributed by atoms with Gasteiger partial charge in [0.1, 0.15) is 0 Å². The molecular weight excluding hydrogens is 719 g/mol. The Balaban J connectivity index is 1.12. The number of amides is 2. The number of aryl methyl sites for hydroxylation is 4. The molecule has 1 aliphatic heterocycles. The SMILES string of the molecule is Cc1ccc(C(=O)[C@@H](OC(=O)c2cccc(N3C(=O)c4ccc(C(=O)O[C@@H](C(=O)c5ccc(C)c(C)c5)c5ccccc5)cc4C3=O)c2)c2ccccc2)cc1C. The maximum atomic E-state index is 13.9. The number of anilines is 1. The molecule has 0 saturated heterocycles. The number of benzene rings is 6. The number of hydrogen-bond donors (Lipinski definition) is 0. The van der Waals surface area contributed by atoms with Crippen molar-refractivity contribution in [3.8, 4) is 0 Å². The van der Waals surface area contributed by atoms with Gasteiger partial charge in [0.15, 0.2) is 12.2 Å². The molecule has 57 heavy (non-hydrogen) atoms. The van der Waals surface area contributed by atoms with E-state index < -0.39 is 47.5 Å². The predicted molar refractivity (Wildman–Crippen MR) is 214 cm³/mol. The number of ether oxygens (including phenoxy) is 2. The average Bonchev–Trinajstić information content (AvgIpc) is 3.48. The summed E-state index contributed by atoms with van der Waals surface area (Å²) in [5.74, 6) is -3.93. The summed E-state index contributed by atoms with van der Waals surface area (Å²) in [6.07, 6.45) is -2.54. The van der Waals surface area contributed by atoms with Gasteiger partial charge in [-0.05, 0) is 98.5 Å². The zero-order chi connectivity index (χ0) is 40.4. The smallest absolute Gasteiger partial charge is 0.339 e. The van der Waals surface area contributed by atoms with Gasteiger partial charge in [-0.2, -0.15) is 0 Å². The third kappa shape index (κ3) is 7.68. The Morgan fingerprint density at radius 2 is 0.895 bits per heavy atom. The van der Waals surface area contributed by atoms with Crippen molar-refractivity contribution < 1.29 is 38.2 Å². The van der Waals surface area contributed by atoms with Crippen molar-refractivity contribution in [2.75, 3.05) is 4.90 Å². The van der Waals surface area contributed by atoms with E-state index >= 15 is 0 Å². The highest BCUT2D eigenvalue weighted by atomic mass is 16.6. The standard InChI is InChI=1S/C48H37NO8/c1-28-18-20-34(24-30(28)3)41(50)43(32-12-7-5-8-13-32)56-47(54)36-16-11-17-38(26-36)49-45(52)39-23-22-37(27-40(39)46(49)53)48(55)57-44(33-14-9-6-10-15-33)42(51)35-21-19-29(2)31(4)25-35/h5-27,43-44H,1-4H3/t43-,44+/m0/s1. The Labute approximate surface area is 329 Å². The Kier molecular flexibility index (Phi) is 10.6. The van der Waals surface area contributed by atoms with Crippen LogP contribution in [0.5, 0.6) is 0 Å². The van der Waals surface area contributed by atoms with E-state index in [1.165, 1.54) is 42.5 Å². The van der Waals surface area contributed by atoms with Crippen LogP contribution < -0.4 is 4.90 Å². The van der Waals surface area contributed by atoms with E-state index in [1.54, 1.807) is 84.9 Å². The van der Waals surface area contributed by atoms with Crippen molar-refractivity contribution in [3.63, 3.8) is 0 Å². The number of carbonyl (C=O) groups excluding carboxylic acids is 6. The fourth-order valence-corrected chi connectivity index (χ4v) is 6.62. The number of imide groups is 1. The molecule has 0 bridgehead atoms. The van der Waals surface area contributed by atoms with Gasteiger partial charge in [0.05, 0.1) is 27.9 Å². The van der Waals surface area contributed by atoms with Gasteiger partial charge in [0.25, 0.3) is 11.8 Å². The van der Waals surface area contributed by atoms with E-state index in [2.05, 4.69) is 0 Å². The second kappa shape index (κ2) is 15.8. The lowest BCUT2D eigenvalue weighted by atomic mass is 9.97. The number of carbonyl (C=O) groups is 6. The molecule has 6 aromatic rings. The van der Waals surface area contributed by atoms with E-state index in [4.69, 9.17) is 9.47 Å². The van der Waals surface area contributed by atoms with Gasteiger partial charge in [0, 0.05) is 22.3 Å². The molecule has 0 aromatic heterocycles. The number of ketones is 2. The van der Waals surface area contributed by atoms with E-state index in [-0.39, 0.29) is 27.9 Å². The molecule has 2 atom stereocenters. The summed E-state index contributed by atoms with van der Waals surface area (Å²) in [6, 6.07) is 37.6. The summed E-state index contributed by atoms with van der Waals surface area (Å²) in [7, 11) is 0. The van der Waals surface area contributed by atoms with Gasteiger partial charge in [-0.15, -0.1) is 0 Å². The van der Waals surface area contributed by atoms with Crippen LogP contribution in [0.3, 0.4) is 0 Å². The minimum atomic E-state index is -1.27. The topological polar surface area (TPSA) is 124 Å². The molecule has 1 aliphatic rings. The van der Waals surface area contributed by atoms with Gasteiger partial charge in [-0.1, -0.05) is 91.0 Å². The van der Waals surface area contributed by atoms with Crippen LogP contribution in [0.25, 0.3) is 0 Å². The number of hydrogen-bond acceptors (Lipinski definition) is 8. The third-order valence-corrected chi connectivity index (χ3v) is 10.2. The summed E-state index contributed by atoms with van der Waals surface area (Å²) in [4.78, 5) is 83.3. The van der Waals surface area contributed by atoms with Crippen LogP contribution in [0.4, 0.5) is 5.69 Å². The third-order valence-electron chi connectivity index (χ3n) is 10.2. The van der Waals surface area contributed by atoms with Crippen LogP contribution in [-0.2, 0) is 9.47 Å². The van der Waals surface area contributed by atoms with Crippen molar-refractivity contribution in [2.45, 2.75) is 39.9 Å². The summed E-state index contributed by atoms with van der Waals surface area (Å²) in [5.41, 5.74) is 5.58. The maximum Gasteiger partial charge on any atom is 0.339 e. The molecule has 1 heterocycles. The number of rotatable bonds is 11. The Morgan fingerprint density at radius 3 is 1.39 bits per heavy atom. The second-order valence-corrected chi connectivity index (χ2v) is 14.0. The summed E-state index contributed by atoms with van der Waals surface area (Å²) >= 11 is 0. The molecule has 6 aromatic carbocycles. The lowest BCUT2D eigenvalue weighted by Gasteiger charge is -2.19. The van der Waals surface area contributed by atoms with Crippen LogP contribution in [0, 0.1) is 27.7 Å². The van der Waals surface area contributed by atoms with E-state index in [1.807, 2.05) is 39.8 Å². The molecule has 0 spiro atoms. The minimum Gasteiger partial charge on any atom is -0.445 e. The number of esters is 2. The first kappa shape index (κ1) is 38.0. The van der Waals surface area contributed by atoms with Crippen molar-refractivity contribution in [1.82, 2.24) is 0 Å². The predicted octanol–water partition coefficient (Wildman–Crippen LogP) is 9.28. The molecule has 9 heteroatoms. The zero-order valence-corrected chi connectivity index (χ0v) is 31.6. The van der Waals surface area contributed by atoms with Crippen LogP contribution in [0.2, 0.25) is 0 Å².